The predicted octanol–water partition coefficient (Wildman–Crippen LogP) is 5.39. The molecule has 0 N–H and O–H groups in total. The third-order valence-corrected chi connectivity index (χ3v) is 5.43. The summed E-state index contributed by atoms with van der Waals surface area (Å²) in [7, 11) is 0. The number of aromatic nitrogens is 2. The number of furan rings is 1. The standard InChI is InChI=1S/C18H11N3OS2/c1-11-10-23-17(20-11)12(9-19)8-13-6-7-15(22-13)18-21-14-4-2-3-5-16(14)24-18/h2-8,10H,1H3. The number of nitriles is 1. The Bertz CT molecular complexity index is 1060. The van der Waals surface area contributed by atoms with Gasteiger partial charge in [-0.15, -0.1) is 22.7 Å². The van der Waals surface area contributed by atoms with Gasteiger partial charge in [-0.25, -0.2) is 9.97 Å². The van der Waals surface area contributed by atoms with Gasteiger partial charge >= 0.3 is 0 Å². The molecule has 0 saturated carbocycles. The van der Waals surface area contributed by atoms with Crippen molar-refractivity contribution in [2.24, 2.45) is 0 Å². The van der Waals surface area contributed by atoms with Crippen molar-refractivity contribution in [3.05, 3.63) is 58.2 Å². The number of para-hydroxylation sites is 1. The molecular weight excluding hydrogens is 338 g/mol. The van der Waals surface area contributed by atoms with Gasteiger partial charge in [-0.1, -0.05) is 12.1 Å². The summed E-state index contributed by atoms with van der Waals surface area (Å²) >= 11 is 3.04. The third kappa shape index (κ3) is 2.75. The molecule has 0 unspecified atom stereocenters. The molecule has 3 aromatic heterocycles. The highest BCUT2D eigenvalue weighted by atomic mass is 32.1. The molecule has 0 aliphatic rings. The lowest BCUT2D eigenvalue weighted by molar-refractivity contribution is 0.571. The Morgan fingerprint density at radius 1 is 1.21 bits per heavy atom. The number of nitrogens with zero attached hydrogens (tertiary/aromatic N) is 3. The first-order chi connectivity index (χ1) is 11.7. The summed E-state index contributed by atoms with van der Waals surface area (Å²) in [4.78, 5) is 8.93. The van der Waals surface area contributed by atoms with E-state index in [1.54, 1.807) is 17.4 Å². The zero-order chi connectivity index (χ0) is 16.5. The van der Waals surface area contributed by atoms with Crippen molar-refractivity contribution in [2.75, 3.05) is 0 Å². The molecule has 4 nitrogen and oxygen atoms in total. The van der Waals surface area contributed by atoms with E-state index in [9.17, 15) is 5.26 Å². The molecule has 4 aromatic rings. The van der Waals surface area contributed by atoms with Crippen molar-refractivity contribution in [1.29, 1.82) is 5.26 Å². The minimum atomic E-state index is 0.498. The summed E-state index contributed by atoms with van der Waals surface area (Å²) in [5.74, 6) is 1.32. The van der Waals surface area contributed by atoms with Crippen molar-refractivity contribution in [1.82, 2.24) is 9.97 Å². The fourth-order valence-corrected chi connectivity index (χ4v) is 3.98. The Morgan fingerprint density at radius 3 is 2.83 bits per heavy atom. The van der Waals surface area contributed by atoms with Gasteiger partial charge < -0.3 is 4.42 Å². The number of fused-ring (bicyclic) bond motifs is 1. The van der Waals surface area contributed by atoms with Crippen LogP contribution in [0.2, 0.25) is 0 Å². The van der Waals surface area contributed by atoms with E-state index in [4.69, 9.17) is 4.42 Å². The van der Waals surface area contributed by atoms with Crippen LogP contribution in [0.3, 0.4) is 0 Å². The molecule has 6 heteroatoms. The van der Waals surface area contributed by atoms with Gasteiger partial charge in [0.05, 0.1) is 15.8 Å². The molecule has 0 spiro atoms. The van der Waals surface area contributed by atoms with E-state index < -0.39 is 0 Å². The summed E-state index contributed by atoms with van der Waals surface area (Å²) in [5, 5.41) is 12.8. The Labute approximate surface area is 146 Å². The molecule has 0 amide bonds. The molecule has 116 valence electrons. The number of aryl methyl sites for hydroxylation is 1. The molecule has 3 heterocycles. The van der Waals surface area contributed by atoms with E-state index in [0.717, 1.165) is 20.9 Å². The molecule has 0 bridgehead atoms. The van der Waals surface area contributed by atoms with Crippen LogP contribution in [-0.4, -0.2) is 9.97 Å². The van der Waals surface area contributed by atoms with E-state index in [0.29, 0.717) is 22.1 Å². The number of benzene rings is 1. The first kappa shape index (κ1) is 14.8. The molecule has 0 fully saturated rings. The fourth-order valence-electron chi connectivity index (χ4n) is 2.28. The van der Waals surface area contributed by atoms with Gasteiger partial charge in [0.1, 0.15) is 16.8 Å². The first-order valence-electron chi connectivity index (χ1n) is 7.23. The summed E-state index contributed by atoms with van der Waals surface area (Å²) in [6.45, 7) is 1.91. The van der Waals surface area contributed by atoms with Crippen LogP contribution in [0.5, 0.6) is 0 Å². The monoisotopic (exact) mass is 349 g/mol. The smallest absolute Gasteiger partial charge is 0.163 e. The van der Waals surface area contributed by atoms with Crippen LogP contribution in [-0.2, 0) is 0 Å². The molecule has 4 rings (SSSR count). The maximum Gasteiger partial charge on any atom is 0.163 e. The number of rotatable bonds is 3. The van der Waals surface area contributed by atoms with Crippen LogP contribution in [0.4, 0.5) is 0 Å². The molecule has 0 radical (unpaired) electrons. The van der Waals surface area contributed by atoms with Crippen molar-refractivity contribution in [3.63, 3.8) is 0 Å². The predicted molar refractivity (Wildman–Crippen MR) is 97.7 cm³/mol. The number of hydrogen-bond acceptors (Lipinski definition) is 6. The van der Waals surface area contributed by atoms with Gasteiger partial charge in [-0.2, -0.15) is 5.26 Å². The van der Waals surface area contributed by atoms with Crippen molar-refractivity contribution in [3.8, 4) is 16.8 Å². The second-order valence-corrected chi connectivity index (χ2v) is 7.04. The van der Waals surface area contributed by atoms with Gasteiger partial charge in [-0.3, -0.25) is 0 Å². The summed E-state index contributed by atoms with van der Waals surface area (Å²) in [6.07, 6.45) is 1.72. The zero-order valence-electron chi connectivity index (χ0n) is 12.7. The lowest BCUT2D eigenvalue weighted by Crippen LogP contribution is -1.80. The highest BCUT2D eigenvalue weighted by molar-refractivity contribution is 7.21. The largest absolute Gasteiger partial charge is 0.454 e. The molecule has 0 aliphatic heterocycles. The van der Waals surface area contributed by atoms with Gasteiger partial charge in [0.25, 0.3) is 0 Å². The zero-order valence-corrected chi connectivity index (χ0v) is 14.3. The van der Waals surface area contributed by atoms with Crippen LogP contribution >= 0.6 is 22.7 Å². The van der Waals surface area contributed by atoms with E-state index in [-0.39, 0.29) is 0 Å². The molecular formula is C18H11N3OS2. The van der Waals surface area contributed by atoms with Crippen LogP contribution in [0.25, 0.3) is 32.6 Å². The molecule has 0 atom stereocenters. The van der Waals surface area contributed by atoms with Crippen molar-refractivity contribution >= 4 is 44.5 Å². The lowest BCUT2D eigenvalue weighted by Gasteiger charge is -1.92. The van der Waals surface area contributed by atoms with E-state index in [1.807, 2.05) is 48.7 Å². The third-order valence-electron chi connectivity index (χ3n) is 3.39. The Balaban J connectivity index is 1.69. The van der Waals surface area contributed by atoms with Gasteiger partial charge in [0, 0.05) is 17.2 Å². The maximum atomic E-state index is 9.37. The van der Waals surface area contributed by atoms with E-state index >= 15 is 0 Å². The summed E-state index contributed by atoms with van der Waals surface area (Å²) < 4.78 is 6.98. The normalized spacial score (nSPS) is 11.8. The average Bonchev–Trinajstić information content (AvgIpc) is 3.31. The van der Waals surface area contributed by atoms with Crippen molar-refractivity contribution in [2.45, 2.75) is 6.92 Å². The highest BCUT2D eigenvalue weighted by Crippen LogP contribution is 2.32. The highest BCUT2D eigenvalue weighted by Gasteiger charge is 2.11. The first-order valence-corrected chi connectivity index (χ1v) is 8.92. The average molecular weight is 349 g/mol. The van der Waals surface area contributed by atoms with Gasteiger partial charge in [0.2, 0.25) is 0 Å². The summed E-state index contributed by atoms with van der Waals surface area (Å²) in [5.41, 5.74) is 2.37. The molecule has 24 heavy (non-hydrogen) atoms. The number of thiazole rings is 2. The molecule has 0 saturated heterocycles. The van der Waals surface area contributed by atoms with Crippen LogP contribution in [0, 0.1) is 18.3 Å². The Morgan fingerprint density at radius 2 is 2.08 bits per heavy atom. The minimum Gasteiger partial charge on any atom is -0.454 e. The van der Waals surface area contributed by atoms with E-state index in [1.165, 1.54) is 11.3 Å². The van der Waals surface area contributed by atoms with E-state index in [2.05, 4.69) is 16.0 Å². The quantitative estimate of drug-likeness (QED) is 0.465. The Hall–Kier alpha value is -2.75. The topological polar surface area (TPSA) is 62.7 Å². The minimum absolute atomic E-state index is 0.498. The molecule has 0 aliphatic carbocycles. The summed E-state index contributed by atoms with van der Waals surface area (Å²) in [6, 6.07) is 13.9. The van der Waals surface area contributed by atoms with Crippen LogP contribution < -0.4 is 0 Å². The van der Waals surface area contributed by atoms with Crippen LogP contribution in [0.1, 0.15) is 16.5 Å². The van der Waals surface area contributed by atoms with Gasteiger partial charge in [-0.05, 0) is 31.2 Å². The number of hydrogen-bond donors (Lipinski definition) is 0. The fraction of sp³-hybridized carbons (Fsp3) is 0.0556. The van der Waals surface area contributed by atoms with Crippen molar-refractivity contribution < 1.29 is 4.42 Å². The maximum absolute atomic E-state index is 9.37. The SMILES string of the molecule is Cc1csc(C(C#N)=Cc2ccc(-c3nc4ccccc4s3)o2)n1. The Kier molecular flexibility index (Phi) is 3.73. The second kappa shape index (κ2) is 6.04. The molecule has 1 aromatic carbocycles. The van der Waals surface area contributed by atoms with Gasteiger partial charge in [0.15, 0.2) is 10.8 Å². The lowest BCUT2D eigenvalue weighted by atomic mass is 10.2. The second-order valence-electron chi connectivity index (χ2n) is 5.15. The van der Waals surface area contributed by atoms with Crippen LogP contribution in [0.15, 0.2) is 46.2 Å². The number of allylic oxidation sites excluding steroid dienone is 1.